The highest BCUT2D eigenvalue weighted by Gasteiger charge is 2.14. The molecule has 0 aliphatic carbocycles. The number of aromatic nitrogens is 3. The molecule has 1 aromatic heterocycles. The lowest BCUT2D eigenvalue weighted by atomic mass is 10.3. The lowest BCUT2D eigenvalue weighted by molar-refractivity contribution is 0.145. The quantitative estimate of drug-likeness (QED) is 0.640. The summed E-state index contributed by atoms with van der Waals surface area (Å²) in [5.41, 5.74) is 0. The van der Waals surface area contributed by atoms with Crippen LogP contribution in [0.1, 0.15) is 19.2 Å². The average molecular weight is 234 g/mol. The van der Waals surface area contributed by atoms with Crippen molar-refractivity contribution in [1.29, 1.82) is 0 Å². The highest BCUT2D eigenvalue weighted by Crippen LogP contribution is 2.01. The molecule has 86 valence electrons. The van der Waals surface area contributed by atoms with E-state index >= 15 is 0 Å². The Balaban J connectivity index is 2.47. The van der Waals surface area contributed by atoms with Gasteiger partial charge < -0.3 is 4.74 Å². The van der Waals surface area contributed by atoms with Gasteiger partial charge in [0.1, 0.15) is 5.82 Å². The van der Waals surface area contributed by atoms with Gasteiger partial charge in [-0.1, -0.05) is 0 Å². The Kier molecular flexibility index (Phi) is 4.18. The third-order valence-corrected chi connectivity index (χ3v) is 2.36. The maximum Gasteiger partial charge on any atom is 0.282 e. The number of hydrogen-bond donors (Lipinski definition) is 2. The first-order chi connectivity index (χ1) is 7.04. The van der Waals surface area contributed by atoms with Gasteiger partial charge in [-0.05, 0) is 13.3 Å². The minimum atomic E-state index is -3.80. The number of aryl methyl sites for hydroxylation is 1. The summed E-state index contributed by atoms with van der Waals surface area (Å²) in [6.07, 6.45) is 1.34. The first-order valence-corrected chi connectivity index (χ1v) is 6.10. The predicted molar refractivity (Wildman–Crippen MR) is 52.6 cm³/mol. The fourth-order valence-corrected chi connectivity index (χ4v) is 1.41. The molecule has 1 aromatic rings. The van der Waals surface area contributed by atoms with Crippen molar-refractivity contribution < 1.29 is 13.2 Å². The molecule has 8 heteroatoms. The van der Waals surface area contributed by atoms with Gasteiger partial charge in [0, 0.05) is 19.6 Å². The summed E-state index contributed by atoms with van der Waals surface area (Å²) in [5.74, 6) is 0.499. The van der Waals surface area contributed by atoms with Crippen molar-refractivity contribution >= 4 is 10.0 Å². The van der Waals surface area contributed by atoms with E-state index < -0.39 is 10.0 Å². The van der Waals surface area contributed by atoms with Crippen LogP contribution in [-0.4, -0.2) is 36.8 Å². The number of nitrogens with zero attached hydrogens (tertiary/aromatic N) is 2. The summed E-state index contributed by atoms with van der Waals surface area (Å²) in [7, 11) is -3.80. The van der Waals surface area contributed by atoms with Gasteiger partial charge in [0.05, 0.1) is 0 Å². The Morgan fingerprint density at radius 1 is 1.53 bits per heavy atom. The smallest absolute Gasteiger partial charge is 0.282 e. The SMILES string of the molecule is CCOCCCc1nc(S(N)(=O)=O)n[nH]1. The molecule has 0 unspecified atom stereocenters. The highest BCUT2D eigenvalue weighted by atomic mass is 32.2. The van der Waals surface area contributed by atoms with E-state index in [1.807, 2.05) is 6.92 Å². The van der Waals surface area contributed by atoms with E-state index in [1.165, 1.54) is 0 Å². The Hall–Kier alpha value is -0.990. The summed E-state index contributed by atoms with van der Waals surface area (Å²) in [4.78, 5) is 3.74. The molecule has 0 aliphatic rings. The minimum Gasteiger partial charge on any atom is -0.382 e. The van der Waals surface area contributed by atoms with Crippen LogP contribution in [0.3, 0.4) is 0 Å². The van der Waals surface area contributed by atoms with Gasteiger partial charge in [-0.15, -0.1) is 5.10 Å². The number of sulfonamides is 1. The van der Waals surface area contributed by atoms with E-state index in [2.05, 4.69) is 15.2 Å². The summed E-state index contributed by atoms with van der Waals surface area (Å²) in [5, 5.41) is 10.5. The molecule has 0 amide bonds. The largest absolute Gasteiger partial charge is 0.382 e. The second-order valence-electron chi connectivity index (χ2n) is 2.91. The summed E-state index contributed by atoms with van der Waals surface area (Å²) < 4.78 is 26.8. The Morgan fingerprint density at radius 3 is 2.80 bits per heavy atom. The van der Waals surface area contributed by atoms with Gasteiger partial charge in [-0.3, -0.25) is 5.10 Å². The summed E-state index contributed by atoms with van der Waals surface area (Å²) >= 11 is 0. The molecule has 15 heavy (non-hydrogen) atoms. The second-order valence-corrected chi connectivity index (χ2v) is 4.37. The molecular weight excluding hydrogens is 220 g/mol. The Morgan fingerprint density at radius 2 is 2.27 bits per heavy atom. The van der Waals surface area contributed by atoms with E-state index in [-0.39, 0.29) is 5.16 Å². The van der Waals surface area contributed by atoms with E-state index in [0.717, 1.165) is 6.42 Å². The van der Waals surface area contributed by atoms with Gasteiger partial charge in [-0.2, -0.15) is 0 Å². The molecule has 7 nitrogen and oxygen atoms in total. The maximum absolute atomic E-state index is 10.8. The lowest BCUT2D eigenvalue weighted by Gasteiger charge is -1.97. The maximum atomic E-state index is 10.8. The minimum absolute atomic E-state index is 0.367. The van der Waals surface area contributed by atoms with Crippen molar-refractivity contribution in [2.24, 2.45) is 5.14 Å². The molecule has 0 saturated heterocycles. The van der Waals surface area contributed by atoms with Crippen molar-refractivity contribution in [1.82, 2.24) is 15.2 Å². The molecule has 0 fully saturated rings. The van der Waals surface area contributed by atoms with Crippen LogP contribution in [0, 0.1) is 0 Å². The van der Waals surface area contributed by atoms with Crippen LogP contribution < -0.4 is 5.14 Å². The fraction of sp³-hybridized carbons (Fsp3) is 0.714. The number of ether oxygens (including phenoxy) is 1. The van der Waals surface area contributed by atoms with Crippen LogP contribution in [0.5, 0.6) is 0 Å². The number of rotatable bonds is 6. The molecule has 0 saturated carbocycles. The molecule has 0 spiro atoms. The molecule has 1 heterocycles. The normalized spacial score (nSPS) is 11.9. The molecule has 0 bridgehead atoms. The Bertz CT molecular complexity index is 400. The van der Waals surface area contributed by atoms with Crippen molar-refractivity contribution in [3.8, 4) is 0 Å². The summed E-state index contributed by atoms with van der Waals surface area (Å²) in [6, 6.07) is 0. The molecule has 0 aromatic carbocycles. The number of hydrogen-bond acceptors (Lipinski definition) is 5. The Labute approximate surface area is 88.1 Å². The van der Waals surface area contributed by atoms with Gasteiger partial charge in [0.25, 0.3) is 15.2 Å². The van der Waals surface area contributed by atoms with Crippen LogP contribution in [0.15, 0.2) is 5.16 Å². The lowest BCUT2D eigenvalue weighted by Crippen LogP contribution is -2.14. The first kappa shape index (κ1) is 12.1. The predicted octanol–water partition coefficient (Wildman–Crippen LogP) is -0.579. The van der Waals surface area contributed by atoms with E-state index in [4.69, 9.17) is 9.88 Å². The van der Waals surface area contributed by atoms with Gasteiger partial charge in [-0.25, -0.2) is 18.5 Å². The van der Waals surface area contributed by atoms with Crippen LogP contribution >= 0.6 is 0 Å². The fourth-order valence-electron chi connectivity index (χ4n) is 1.00. The molecule has 3 N–H and O–H groups in total. The highest BCUT2D eigenvalue weighted by molar-refractivity contribution is 7.89. The summed E-state index contributed by atoms with van der Waals surface area (Å²) in [6.45, 7) is 3.19. The van der Waals surface area contributed by atoms with Gasteiger partial charge >= 0.3 is 0 Å². The molecule has 1 rings (SSSR count). The zero-order chi connectivity index (χ0) is 11.3. The van der Waals surface area contributed by atoms with E-state index in [0.29, 0.717) is 25.5 Å². The number of nitrogens with two attached hydrogens (primary N) is 1. The van der Waals surface area contributed by atoms with Crippen molar-refractivity contribution in [2.45, 2.75) is 24.9 Å². The van der Waals surface area contributed by atoms with Gasteiger partial charge in [0.2, 0.25) is 0 Å². The molecule has 0 atom stereocenters. The number of nitrogens with one attached hydrogen (secondary N) is 1. The van der Waals surface area contributed by atoms with E-state index in [1.54, 1.807) is 0 Å². The number of primary sulfonamides is 1. The van der Waals surface area contributed by atoms with Gasteiger partial charge in [0.15, 0.2) is 0 Å². The zero-order valence-corrected chi connectivity index (χ0v) is 9.25. The number of aromatic amines is 1. The second kappa shape index (κ2) is 5.19. The zero-order valence-electron chi connectivity index (χ0n) is 8.43. The van der Waals surface area contributed by atoms with Crippen molar-refractivity contribution in [3.05, 3.63) is 5.82 Å². The van der Waals surface area contributed by atoms with E-state index in [9.17, 15) is 8.42 Å². The molecule has 0 radical (unpaired) electrons. The third kappa shape index (κ3) is 3.94. The van der Waals surface area contributed by atoms with Crippen molar-refractivity contribution in [3.63, 3.8) is 0 Å². The van der Waals surface area contributed by atoms with Crippen molar-refractivity contribution in [2.75, 3.05) is 13.2 Å². The molecule has 0 aliphatic heterocycles. The molecular formula is C7H14N4O3S. The van der Waals surface area contributed by atoms with Crippen LogP contribution in [0.2, 0.25) is 0 Å². The van der Waals surface area contributed by atoms with Crippen LogP contribution in [0.4, 0.5) is 0 Å². The third-order valence-electron chi connectivity index (χ3n) is 1.67. The number of H-pyrrole nitrogens is 1. The monoisotopic (exact) mass is 234 g/mol. The topological polar surface area (TPSA) is 111 Å². The standard InChI is InChI=1S/C7H14N4O3S/c1-2-14-5-3-4-6-9-7(11-10-6)15(8,12)13/h2-5H2,1H3,(H2,8,12,13)(H,9,10,11). The first-order valence-electron chi connectivity index (χ1n) is 4.56. The van der Waals surface area contributed by atoms with Crippen LogP contribution in [0.25, 0.3) is 0 Å². The average Bonchev–Trinajstić information content (AvgIpc) is 2.60. The van der Waals surface area contributed by atoms with Crippen LogP contribution in [-0.2, 0) is 21.2 Å².